The zero-order chi connectivity index (χ0) is 28.1. The second kappa shape index (κ2) is 12.2. The van der Waals surface area contributed by atoms with E-state index in [1.165, 1.54) is 25.3 Å². The number of carbonyl (C=O) groups excluding carboxylic acids is 4. The van der Waals surface area contributed by atoms with Crippen molar-refractivity contribution >= 4 is 23.6 Å². The van der Waals surface area contributed by atoms with E-state index in [-0.39, 0.29) is 23.8 Å². The van der Waals surface area contributed by atoms with E-state index in [1.807, 2.05) is 0 Å². The van der Waals surface area contributed by atoms with Gasteiger partial charge < -0.3 is 31.5 Å². The second-order valence-electron chi connectivity index (χ2n) is 10.3. The predicted molar refractivity (Wildman–Crippen MR) is 139 cm³/mol. The van der Waals surface area contributed by atoms with Crippen LogP contribution < -0.4 is 21.3 Å². The Morgan fingerprint density at radius 2 is 1.77 bits per heavy atom. The molecule has 2 aliphatic rings. The SMILES string of the molecule is C[C@H]1NC(=O)C(C2CCC2)NC(=O)[C@H](C)[C@H](O)[C@H](Cc2cccnc2)NC(=O)[C@H]1NC(=O)c1ncccc1O. The smallest absolute Gasteiger partial charge is 0.274 e. The van der Waals surface area contributed by atoms with Gasteiger partial charge in [-0.1, -0.05) is 19.4 Å². The topological polar surface area (TPSA) is 183 Å². The molecule has 208 valence electrons. The quantitative estimate of drug-likeness (QED) is 0.303. The summed E-state index contributed by atoms with van der Waals surface area (Å²) in [5, 5.41) is 32.3. The molecule has 1 aliphatic heterocycles. The number of rotatable bonds is 5. The fourth-order valence-corrected chi connectivity index (χ4v) is 4.86. The predicted octanol–water partition coefficient (Wildman–Crippen LogP) is -0.192. The Morgan fingerprint density at radius 3 is 2.41 bits per heavy atom. The molecule has 4 amide bonds. The largest absolute Gasteiger partial charge is 0.505 e. The standard InChI is InChI=1S/C27H34N6O6/c1-14-23(35)18(12-16-6-4-10-28-13-16)31-25(37)20(32-27(39)22-19(34)9-5-11-29-22)15(2)30-26(38)21(33-24(14)36)17-7-3-8-17/h4-6,9-11,13-15,17-18,20-21,23,34-35H,3,7-8,12H2,1-2H3,(H,30,38)(H,31,37)(H,32,39)(H,33,36)/t14-,15-,18+,20+,21?,23+/m1/s1. The van der Waals surface area contributed by atoms with Gasteiger partial charge in [-0.15, -0.1) is 0 Å². The van der Waals surface area contributed by atoms with Crippen LogP contribution in [0.4, 0.5) is 0 Å². The third kappa shape index (κ3) is 6.51. The molecule has 12 heteroatoms. The molecule has 1 unspecified atom stereocenters. The number of hydrogen-bond acceptors (Lipinski definition) is 8. The molecule has 39 heavy (non-hydrogen) atoms. The van der Waals surface area contributed by atoms with Crippen LogP contribution in [0.15, 0.2) is 42.9 Å². The van der Waals surface area contributed by atoms with Crippen molar-refractivity contribution in [3.63, 3.8) is 0 Å². The van der Waals surface area contributed by atoms with Gasteiger partial charge >= 0.3 is 0 Å². The molecule has 2 aromatic rings. The molecule has 2 aromatic heterocycles. The van der Waals surface area contributed by atoms with Crippen LogP contribution in [0.2, 0.25) is 0 Å². The van der Waals surface area contributed by atoms with E-state index in [1.54, 1.807) is 31.5 Å². The average Bonchev–Trinajstić information content (AvgIpc) is 2.89. The molecule has 0 aromatic carbocycles. The Bertz CT molecular complexity index is 1210. The number of carbonyl (C=O) groups is 4. The van der Waals surface area contributed by atoms with E-state index in [4.69, 9.17) is 0 Å². The summed E-state index contributed by atoms with van der Waals surface area (Å²) in [5.41, 5.74) is 0.435. The molecule has 12 nitrogen and oxygen atoms in total. The molecule has 3 heterocycles. The van der Waals surface area contributed by atoms with Crippen LogP contribution in [0.25, 0.3) is 0 Å². The van der Waals surface area contributed by atoms with Gasteiger partial charge in [-0.2, -0.15) is 0 Å². The first-order valence-corrected chi connectivity index (χ1v) is 13.1. The lowest BCUT2D eigenvalue weighted by molar-refractivity contribution is -0.137. The van der Waals surface area contributed by atoms with E-state index in [2.05, 4.69) is 31.2 Å². The molecule has 0 bridgehead atoms. The van der Waals surface area contributed by atoms with Crippen LogP contribution >= 0.6 is 0 Å². The monoisotopic (exact) mass is 538 g/mol. The highest BCUT2D eigenvalue weighted by atomic mass is 16.3. The molecule has 2 fully saturated rings. The third-order valence-corrected chi connectivity index (χ3v) is 7.49. The van der Waals surface area contributed by atoms with E-state index < -0.39 is 59.8 Å². The fraction of sp³-hybridized carbons (Fsp3) is 0.481. The summed E-state index contributed by atoms with van der Waals surface area (Å²) >= 11 is 0. The lowest BCUT2D eigenvalue weighted by Gasteiger charge is -2.37. The summed E-state index contributed by atoms with van der Waals surface area (Å²) in [6.45, 7) is 3.09. The maximum Gasteiger partial charge on any atom is 0.274 e. The van der Waals surface area contributed by atoms with Crippen LogP contribution in [-0.4, -0.2) is 74.1 Å². The van der Waals surface area contributed by atoms with Crippen LogP contribution in [0.1, 0.15) is 49.2 Å². The van der Waals surface area contributed by atoms with Gasteiger partial charge in [0.15, 0.2) is 5.69 Å². The van der Waals surface area contributed by atoms with Crippen molar-refractivity contribution in [2.75, 3.05) is 0 Å². The van der Waals surface area contributed by atoms with Crippen molar-refractivity contribution in [1.29, 1.82) is 0 Å². The molecule has 0 radical (unpaired) electrons. The van der Waals surface area contributed by atoms with E-state index >= 15 is 0 Å². The molecule has 1 aliphatic carbocycles. The summed E-state index contributed by atoms with van der Waals surface area (Å²) in [6.07, 6.45) is 5.81. The molecule has 6 atom stereocenters. The first-order chi connectivity index (χ1) is 18.7. The fourth-order valence-electron chi connectivity index (χ4n) is 4.86. The lowest BCUT2D eigenvalue weighted by atomic mass is 9.78. The number of aliphatic hydroxyl groups is 1. The molecular weight excluding hydrogens is 504 g/mol. The van der Waals surface area contributed by atoms with Crippen molar-refractivity contribution in [3.05, 3.63) is 54.1 Å². The molecule has 4 rings (SSSR count). The molecule has 1 saturated carbocycles. The van der Waals surface area contributed by atoms with Crippen molar-refractivity contribution < 1.29 is 29.4 Å². The molecule has 1 saturated heterocycles. The number of aromatic hydroxyl groups is 1. The van der Waals surface area contributed by atoms with E-state index in [9.17, 15) is 29.4 Å². The van der Waals surface area contributed by atoms with Gasteiger partial charge in [-0.05, 0) is 55.9 Å². The highest BCUT2D eigenvalue weighted by molar-refractivity contribution is 5.98. The second-order valence-corrected chi connectivity index (χ2v) is 10.3. The Morgan fingerprint density at radius 1 is 1.03 bits per heavy atom. The van der Waals surface area contributed by atoms with Gasteiger partial charge in [0.25, 0.3) is 5.91 Å². The van der Waals surface area contributed by atoms with Gasteiger partial charge in [-0.3, -0.25) is 24.2 Å². The number of nitrogens with one attached hydrogen (secondary N) is 4. The van der Waals surface area contributed by atoms with Crippen molar-refractivity contribution in [2.45, 2.75) is 69.8 Å². The van der Waals surface area contributed by atoms with Gasteiger partial charge in [0.2, 0.25) is 17.7 Å². The third-order valence-electron chi connectivity index (χ3n) is 7.49. The van der Waals surface area contributed by atoms with Gasteiger partial charge in [0.1, 0.15) is 17.8 Å². The van der Waals surface area contributed by atoms with Gasteiger partial charge in [0, 0.05) is 18.6 Å². The number of amides is 4. The minimum Gasteiger partial charge on any atom is -0.505 e. The molecule has 0 spiro atoms. The van der Waals surface area contributed by atoms with Gasteiger partial charge in [0.05, 0.1) is 24.1 Å². The van der Waals surface area contributed by atoms with E-state index in [0.717, 1.165) is 19.3 Å². The average molecular weight is 539 g/mol. The summed E-state index contributed by atoms with van der Waals surface area (Å²) in [5.74, 6) is -3.89. The Kier molecular flexibility index (Phi) is 8.75. The van der Waals surface area contributed by atoms with Crippen LogP contribution in [0, 0.1) is 11.8 Å². The maximum absolute atomic E-state index is 13.6. The van der Waals surface area contributed by atoms with Crippen molar-refractivity contribution in [3.8, 4) is 5.75 Å². The number of hydrogen-bond donors (Lipinski definition) is 6. The van der Waals surface area contributed by atoms with Crippen LogP contribution in [-0.2, 0) is 20.8 Å². The number of aliphatic hydroxyl groups excluding tert-OH is 1. The molecular formula is C27H34N6O6. The number of pyridine rings is 2. The summed E-state index contributed by atoms with van der Waals surface area (Å²) in [7, 11) is 0. The zero-order valence-corrected chi connectivity index (χ0v) is 21.8. The zero-order valence-electron chi connectivity index (χ0n) is 21.8. The summed E-state index contributed by atoms with van der Waals surface area (Å²) in [4.78, 5) is 61.0. The van der Waals surface area contributed by atoms with Crippen LogP contribution in [0.3, 0.4) is 0 Å². The Balaban J connectivity index is 1.67. The van der Waals surface area contributed by atoms with Crippen LogP contribution in [0.5, 0.6) is 5.75 Å². The highest BCUT2D eigenvalue weighted by Gasteiger charge is 2.41. The minimum atomic E-state index is -1.31. The van der Waals surface area contributed by atoms with Crippen molar-refractivity contribution in [1.82, 2.24) is 31.2 Å². The first-order valence-electron chi connectivity index (χ1n) is 13.1. The minimum absolute atomic E-state index is 0.0769. The Hall–Kier alpha value is -4.06. The highest BCUT2D eigenvalue weighted by Crippen LogP contribution is 2.30. The normalized spacial score (nSPS) is 28.5. The lowest BCUT2D eigenvalue weighted by Crippen LogP contribution is -2.64. The van der Waals surface area contributed by atoms with Crippen molar-refractivity contribution in [2.24, 2.45) is 11.8 Å². The number of aromatic nitrogens is 2. The first kappa shape index (κ1) is 28.0. The van der Waals surface area contributed by atoms with Gasteiger partial charge in [-0.25, -0.2) is 4.98 Å². The number of nitrogens with zero attached hydrogens (tertiary/aromatic N) is 2. The van der Waals surface area contributed by atoms with E-state index in [0.29, 0.717) is 5.56 Å². The molecule has 6 N–H and O–H groups in total. The Labute approximate surface area is 226 Å². The summed E-state index contributed by atoms with van der Waals surface area (Å²) in [6, 6.07) is 2.27. The maximum atomic E-state index is 13.6. The summed E-state index contributed by atoms with van der Waals surface area (Å²) < 4.78 is 0.